The first-order chi connectivity index (χ1) is 6.60. The Kier molecular flexibility index (Phi) is 4.34. The molecule has 0 saturated carbocycles. The Morgan fingerprint density at radius 3 is 2.43 bits per heavy atom. The molecular formula is C9H20N2O2S. The molecule has 0 radical (unpaired) electrons. The summed E-state index contributed by atoms with van der Waals surface area (Å²) in [6.45, 7) is 6.73. The molecule has 14 heavy (non-hydrogen) atoms. The first kappa shape index (κ1) is 11.9. The van der Waals surface area contributed by atoms with Gasteiger partial charge in [-0.25, -0.2) is 12.7 Å². The maximum Gasteiger partial charge on any atom is 0.214 e. The van der Waals surface area contributed by atoms with Crippen molar-refractivity contribution < 1.29 is 8.42 Å². The lowest BCUT2D eigenvalue weighted by Gasteiger charge is -2.20. The smallest absolute Gasteiger partial charge is 0.214 e. The highest BCUT2D eigenvalue weighted by Gasteiger charge is 2.25. The molecule has 1 rings (SSSR count). The molecule has 1 saturated heterocycles. The Morgan fingerprint density at radius 1 is 1.36 bits per heavy atom. The molecule has 0 amide bonds. The Bertz CT molecular complexity index is 254. The fourth-order valence-electron chi connectivity index (χ4n) is 1.88. The Hall–Kier alpha value is -0.130. The van der Waals surface area contributed by atoms with Crippen molar-refractivity contribution in [2.75, 3.05) is 31.9 Å². The number of nitrogens with zero attached hydrogens (tertiary/aromatic N) is 1. The molecule has 0 aliphatic carbocycles. The van der Waals surface area contributed by atoms with Crippen molar-refractivity contribution in [2.24, 2.45) is 5.92 Å². The zero-order chi connectivity index (χ0) is 10.6. The topological polar surface area (TPSA) is 49.4 Å². The van der Waals surface area contributed by atoms with Crippen molar-refractivity contribution in [3.8, 4) is 0 Å². The highest BCUT2D eigenvalue weighted by molar-refractivity contribution is 7.89. The molecule has 0 aromatic carbocycles. The summed E-state index contributed by atoms with van der Waals surface area (Å²) < 4.78 is 25.2. The Balaban J connectivity index is 2.55. The monoisotopic (exact) mass is 220 g/mol. The molecule has 0 aromatic rings. The number of hydrogen-bond donors (Lipinski definition) is 1. The summed E-state index contributed by atoms with van der Waals surface area (Å²) in [6.07, 6.45) is 0.987. The molecule has 5 heteroatoms. The molecule has 0 bridgehead atoms. The third kappa shape index (κ3) is 2.93. The second-order valence-corrected chi connectivity index (χ2v) is 5.74. The number of rotatable bonds is 5. The summed E-state index contributed by atoms with van der Waals surface area (Å²) in [6, 6.07) is 0. The number of nitrogens with one attached hydrogen (secondary N) is 1. The molecule has 84 valence electrons. The van der Waals surface area contributed by atoms with E-state index in [2.05, 4.69) is 5.32 Å². The minimum atomic E-state index is -3.01. The van der Waals surface area contributed by atoms with Crippen LogP contribution in [-0.2, 0) is 10.0 Å². The van der Waals surface area contributed by atoms with Crippen LogP contribution in [0.1, 0.15) is 20.3 Å². The fraction of sp³-hybridized carbons (Fsp3) is 1.00. The average molecular weight is 220 g/mol. The molecule has 1 N–H and O–H groups in total. The van der Waals surface area contributed by atoms with E-state index in [4.69, 9.17) is 0 Å². The molecule has 1 unspecified atom stereocenters. The van der Waals surface area contributed by atoms with Crippen LogP contribution in [0.5, 0.6) is 0 Å². The summed E-state index contributed by atoms with van der Waals surface area (Å²) >= 11 is 0. The van der Waals surface area contributed by atoms with E-state index in [0.717, 1.165) is 19.5 Å². The third-order valence-corrected chi connectivity index (χ3v) is 4.90. The van der Waals surface area contributed by atoms with E-state index >= 15 is 0 Å². The summed E-state index contributed by atoms with van der Waals surface area (Å²) in [4.78, 5) is 0. The first-order valence-corrected chi connectivity index (χ1v) is 6.89. The summed E-state index contributed by atoms with van der Waals surface area (Å²) in [5.41, 5.74) is 0. The van der Waals surface area contributed by atoms with Gasteiger partial charge in [-0.1, -0.05) is 13.8 Å². The van der Waals surface area contributed by atoms with E-state index in [9.17, 15) is 8.42 Å². The van der Waals surface area contributed by atoms with Gasteiger partial charge in [0.05, 0.1) is 5.75 Å². The van der Waals surface area contributed by atoms with Crippen molar-refractivity contribution in [1.29, 1.82) is 0 Å². The average Bonchev–Trinajstić information content (AvgIpc) is 2.57. The second-order valence-electron chi connectivity index (χ2n) is 3.72. The Labute approximate surface area is 86.7 Å². The normalized spacial score (nSPS) is 23.2. The number of hydrogen-bond acceptors (Lipinski definition) is 3. The first-order valence-electron chi connectivity index (χ1n) is 5.28. The molecule has 1 aliphatic rings. The van der Waals surface area contributed by atoms with Gasteiger partial charge in [0, 0.05) is 13.1 Å². The molecule has 1 atom stereocenters. The standard InChI is InChI=1S/C9H20N2O2S/c1-3-11(4-2)14(12,13)8-9-5-6-10-7-9/h9-10H,3-8H2,1-2H3. The molecule has 1 heterocycles. The van der Waals surface area contributed by atoms with E-state index in [-0.39, 0.29) is 0 Å². The summed E-state index contributed by atoms with van der Waals surface area (Å²) in [7, 11) is -3.01. The minimum absolute atomic E-state index is 0.306. The van der Waals surface area contributed by atoms with Gasteiger partial charge in [-0.15, -0.1) is 0 Å². The molecule has 1 aliphatic heterocycles. The third-order valence-electron chi connectivity index (χ3n) is 2.71. The van der Waals surface area contributed by atoms with Crippen molar-refractivity contribution in [2.45, 2.75) is 20.3 Å². The van der Waals surface area contributed by atoms with Gasteiger partial charge < -0.3 is 5.32 Å². The van der Waals surface area contributed by atoms with E-state index in [1.807, 2.05) is 13.8 Å². The van der Waals surface area contributed by atoms with Crippen LogP contribution in [0.4, 0.5) is 0 Å². The van der Waals surface area contributed by atoms with Crippen LogP contribution in [0.3, 0.4) is 0 Å². The maximum absolute atomic E-state index is 11.8. The van der Waals surface area contributed by atoms with Gasteiger partial charge in [0.2, 0.25) is 10.0 Å². The predicted octanol–water partition coefficient (Wildman–Crippen LogP) is 0.267. The van der Waals surface area contributed by atoms with E-state index in [1.54, 1.807) is 4.31 Å². The van der Waals surface area contributed by atoms with Gasteiger partial charge in [-0.05, 0) is 25.4 Å². The van der Waals surface area contributed by atoms with Crippen molar-refractivity contribution >= 4 is 10.0 Å². The fourth-order valence-corrected chi connectivity index (χ4v) is 3.75. The van der Waals surface area contributed by atoms with Gasteiger partial charge in [0.15, 0.2) is 0 Å². The van der Waals surface area contributed by atoms with Gasteiger partial charge in [-0.2, -0.15) is 0 Å². The predicted molar refractivity (Wildman–Crippen MR) is 57.7 cm³/mol. The molecule has 0 spiro atoms. The van der Waals surface area contributed by atoms with Crippen LogP contribution in [0, 0.1) is 5.92 Å². The molecular weight excluding hydrogens is 200 g/mol. The van der Waals surface area contributed by atoms with E-state index in [1.165, 1.54) is 0 Å². The highest BCUT2D eigenvalue weighted by atomic mass is 32.2. The SMILES string of the molecule is CCN(CC)S(=O)(=O)CC1CCNC1. The van der Waals surface area contributed by atoms with Crippen LogP contribution in [0.2, 0.25) is 0 Å². The molecule has 1 fully saturated rings. The van der Waals surface area contributed by atoms with Crippen molar-refractivity contribution in [3.63, 3.8) is 0 Å². The molecule has 4 nitrogen and oxygen atoms in total. The zero-order valence-electron chi connectivity index (χ0n) is 8.99. The second kappa shape index (κ2) is 5.09. The van der Waals surface area contributed by atoms with Gasteiger partial charge in [0.1, 0.15) is 0 Å². The van der Waals surface area contributed by atoms with Gasteiger partial charge >= 0.3 is 0 Å². The van der Waals surface area contributed by atoms with Crippen molar-refractivity contribution in [1.82, 2.24) is 9.62 Å². The van der Waals surface area contributed by atoms with Gasteiger partial charge in [0.25, 0.3) is 0 Å². The quantitative estimate of drug-likeness (QED) is 0.723. The summed E-state index contributed by atoms with van der Waals surface area (Å²) in [5, 5.41) is 3.19. The van der Waals surface area contributed by atoms with Crippen LogP contribution >= 0.6 is 0 Å². The van der Waals surface area contributed by atoms with Crippen LogP contribution in [0.15, 0.2) is 0 Å². The lowest BCUT2D eigenvalue weighted by atomic mass is 10.2. The highest BCUT2D eigenvalue weighted by Crippen LogP contribution is 2.13. The molecule has 0 aromatic heterocycles. The minimum Gasteiger partial charge on any atom is -0.316 e. The van der Waals surface area contributed by atoms with Crippen LogP contribution in [-0.4, -0.2) is 44.7 Å². The van der Waals surface area contributed by atoms with Crippen LogP contribution < -0.4 is 5.32 Å². The maximum atomic E-state index is 11.8. The van der Waals surface area contributed by atoms with Crippen LogP contribution in [0.25, 0.3) is 0 Å². The lowest BCUT2D eigenvalue weighted by molar-refractivity contribution is 0.437. The van der Waals surface area contributed by atoms with Gasteiger partial charge in [-0.3, -0.25) is 0 Å². The Morgan fingerprint density at radius 2 is 2.00 bits per heavy atom. The summed E-state index contributed by atoms with van der Waals surface area (Å²) in [5.74, 6) is 0.613. The lowest BCUT2D eigenvalue weighted by Crippen LogP contribution is -2.35. The number of sulfonamides is 1. The zero-order valence-corrected chi connectivity index (χ0v) is 9.81. The van der Waals surface area contributed by atoms with Crippen molar-refractivity contribution in [3.05, 3.63) is 0 Å². The van der Waals surface area contributed by atoms with E-state index in [0.29, 0.717) is 24.8 Å². The van der Waals surface area contributed by atoms with E-state index < -0.39 is 10.0 Å². The largest absolute Gasteiger partial charge is 0.316 e.